The minimum Gasteiger partial charge on any atom is -0.451 e. The van der Waals surface area contributed by atoms with Gasteiger partial charge >= 0.3 is 11.7 Å². The molecule has 0 radical (unpaired) electrons. The molecule has 0 aliphatic carbocycles. The van der Waals surface area contributed by atoms with Gasteiger partial charge in [0.2, 0.25) is 0 Å². The van der Waals surface area contributed by atoms with Crippen LogP contribution < -0.4 is 16.6 Å². The minimum atomic E-state index is -1.05. The molecule has 2 aromatic heterocycles. The molecule has 3 rings (SSSR count). The monoisotopic (exact) mass is 441 g/mol. The summed E-state index contributed by atoms with van der Waals surface area (Å²) in [4.78, 5) is 53.7. The molecule has 1 atom stereocenters. The number of para-hydroxylation sites is 1. The quantitative estimate of drug-likeness (QED) is 0.579. The van der Waals surface area contributed by atoms with E-state index in [-0.39, 0.29) is 23.6 Å². The van der Waals surface area contributed by atoms with E-state index in [0.717, 1.165) is 15.7 Å². The van der Waals surface area contributed by atoms with Crippen molar-refractivity contribution in [2.24, 2.45) is 14.1 Å². The fourth-order valence-electron chi connectivity index (χ4n) is 3.51. The predicted molar refractivity (Wildman–Crippen MR) is 120 cm³/mol. The van der Waals surface area contributed by atoms with E-state index in [0.29, 0.717) is 5.69 Å². The summed E-state index contributed by atoms with van der Waals surface area (Å²) in [6.07, 6.45) is 0.240. The Kier molecular flexibility index (Phi) is 6.33. The molecule has 10 heteroatoms. The van der Waals surface area contributed by atoms with Gasteiger partial charge in [-0.3, -0.25) is 23.5 Å². The van der Waals surface area contributed by atoms with Crippen LogP contribution in [0.5, 0.6) is 0 Å². The average Bonchev–Trinajstić information content (AvgIpc) is 3.15. The standard InChI is InChI=1S/C22H27N5O5/c1-12(2)15-9-7-8-13(3)17(15)24-20(29)14(4)32-16(28)10-27-11-23-19-18(27)21(30)26(6)22(31)25(19)5/h7-9,11-12,14H,10H2,1-6H3,(H,24,29)/t14-/m1/s1. The van der Waals surface area contributed by atoms with Crippen molar-refractivity contribution < 1.29 is 14.3 Å². The smallest absolute Gasteiger partial charge is 0.332 e. The number of carbonyl (C=O) groups is 2. The zero-order chi connectivity index (χ0) is 23.7. The number of aromatic nitrogens is 4. The Morgan fingerprint density at radius 1 is 1.12 bits per heavy atom. The molecule has 32 heavy (non-hydrogen) atoms. The number of ether oxygens (including phenoxy) is 1. The number of hydrogen-bond acceptors (Lipinski definition) is 6. The predicted octanol–water partition coefficient (Wildman–Crippen LogP) is 1.44. The highest BCUT2D eigenvalue weighted by Gasteiger charge is 2.22. The molecule has 1 N–H and O–H groups in total. The first kappa shape index (κ1) is 23.0. The summed E-state index contributed by atoms with van der Waals surface area (Å²) in [6.45, 7) is 7.11. The van der Waals surface area contributed by atoms with E-state index < -0.39 is 29.2 Å². The number of benzene rings is 1. The molecule has 0 saturated heterocycles. The van der Waals surface area contributed by atoms with Gasteiger partial charge < -0.3 is 14.6 Å². The van der Waals surface area contributed by atoms with Gasteiger partial charge in [-0.25, -0.2) is 9.78 Å². The Hall–Kier alpha value is -3.69. The molecule has 0 aliphatic rings. The molecule has 1 amide bonds. The third kappa shape index (κ3) is 4.20. The number of nitrogens with one attached hydrogen (secondary N) is 1. The van der Waals surface area contributed by atoms with Crippen molar-refractivity contribution in [3.8, 4) is 0 Å². The van der Waals surface area contributed by atoms with E-state index in [9.17, 15) is 19.2 Å². The largest absolute Gasteiger partial charge is 0.451 e. The maximum atomic E-state index is 12.7. The molecular weight excluding hydrogens is 414 g/mol. The van der Waals surface area contributed by atoms with Crippen molar-refractivity contribution in [3.05, 3.63) is 56.5 Å². The molecule has 0 unspecified atom stereocenters. The van der Waals surface area contributed by atoms with Gasteiger partial charge in [0.25, 0.3) is 11.5 Å². The molecule has 10 nitrogen and oxygen atoms in total. The summed E-state index contributed by atoms with van der Waals surface area (Å²) >= 11 is 0. The lowest BCUT2D eigenvalue weighted by Gasteiger charge is -2.19. The molecule has 2 heterocycles. The fraction of sp³-hybridized carbons (Fsp3) is 0.409. The zero-order valence-electron chi connectivity index (χ0n) is 19.0. The van der Waals surface area contributed by atoms with Crippen LogP contribution in [0.25, 0.3) is 11.2 Å². The summed E-state index contributed by atoms with van der Waals surface area (Å²) < 4.78 is 8.77. The Labute approximate surface area is 184 Å². The van der Waals surface area contributed by atoms with Crippen LogP contribution in [-0.2, 0) is 35.0 Å². The normalized spacial score (nSPS) is 12.2. The van der Waals surface area contributed by atoms with Crippen molar-refractivity contribution in [2.45, 2.75) is 46.3 Å². The molecule has 0 saturated carbocycles. The second kappa shape index (κ2) is 8.81. The van der Waals surface area contributed by atoms with E-state index in [1.54, 1.807) is 0 Å². The van der Waals surface area contributed by atoms with E-state index in [1.807, 2.05) is 39.0 Å². The van der Waals surface area contributed by atoms with Crippen molar-refractivity contribution in [1.29, 1.82) is 0 Å². The first-order valence-electron chi connectivity index (χ1n) is 10.2. The summed E-state index contributed by atoms with van der Waals surface area (Å²) in [6, 6.07) is 5.78. The number of carbonyl (C=O) groups excluding carboxylic acids is 2. The van der Waals surface area contributed by atoms with Crippen LogP contribution in [0.2, 0.25) is 0 Å². The minimum absolute atomic E-state index is 0.102. The highest BCUT2D eigenvalue weighted by Crippen LogP contribution is 2.27. The Balaban J connectivity index is 1.76. The van der Waals surface area contributed by atoms with Gasteiger partial charge in [-0.05, 0) is 30.9 Å². The SMILES string of the molecule is Cc1cccc(C(C)C)c1NC(=O)[C@@H](C)OC(=O)Cn1cnc2c1c(=O)n(C)c(=O)n2C. The topological polar surface area (TPSA) is 117 Å². The van der Waals surface area contributed by atoms with Crippen LogP contribution in [0.3, 0.4) is 0 Å². The van der Waals surface area contributed by atoms with Crippen molar-refractivity contribution in [3.63, 3.8) is 0 Å². The van der Waals surface area contributed by atoms with Crippen LogP contribution in [-0.4, -0.2) is 36.7 Å². The number of imidazole rings is 1. The van der Waals surface area contributed by atoms with Crippen LogP contribution in [0.4, 0.5) is 5.69 Å². The molecule has 0 fully saturated rings. The lowest BCUT2D eigenvalue weighted by molar-refractivity contribution is -0.153. The third-order valence-corrected chi connectivity index (χ3v) is 5.37. The molecule has 0 bridgehead atoms. The number of esters is 1. The highest BCUT2D eigenvalue weighted by atomic mass is 16.5. The van der Waals surface area contributed by atoms with Crippen LogP contribution in [0, 0.1) is 6.92 Å². The maximum absolute atomic E-state index is 12.7. The van der Waals surface area contributed by atoms with E-state index in [4.69, 9.17) is 4.74 Å². The molecule has 0 aliphatic heterocycles. The van der Waals surface area contributed by atoms with Crippen LogP contribution in [0.1, 0.15) is 37.8 Å². The van der Waals surface area contributed by atoms with Crippen molar-refractivity contribution >= 4 is 28.7 Å². The zero-order valence-corrected chi connectivity index (χ0v) is 19.0. The number of nitrogens with zero attached hydrogens (tertiary/aromatic N) is 4. The van der Waals surface area contributed by atoms with Crippen molar-refractivity contribution in [2.75, 3.05) is 5.32 Å². The van der Waals surface area contributed by atoms with Gasteiger partial charge in [0.1, 0.15) is 6.54 Å². The van der Waals surface area contributed by atoms with Gasteiger partial charge in [-0.2, -0.15) is 0 Å². The Morgan fingerprint density at radius 3 is 2.47 bits per heavy atom. The van der Waals surface area contributed by atoms with Crippen LogP contribution in [0.15, 0.2) is 34.1 Å². The summed E-state index contributed by atoms with van der Waals surface area (Å²) in [5.74, 6) is -0.962. The summed E-state index contributed by atoms with van der Waals surface area (Å²) in [7, 11) is 2.84. The first-order chi connectivity index (χ1) is 15.0. The number of anilines is 1. The second-order valence-electron chi connectivity index (χ2n) is 8.07. The third-order valence-electron chi connectivity index (χ3n) is 5.37. The molecule has 3 aromatic rings. The van der Waals surface area contributed by atoms with Gasteiger partial charge in [0.05, 0.1) is 6.33 Å². The first-order valence-corrected chi connectivity index (χ1v) is 10.2. The molecule has 0 spiro atoms. The molecule has 1 aromatic carbocycles. The van der Waals surface area contributed by atoms with Gasteiger partial charge in [0, 0.05) is 19.8 Å². The second-order valence-corrected chi connectivity index (χ2v) is 8.07. The fourth-order valence-corrected chi connectivity index (χ4v) is 3.51. The number of aryl methyl sites for hydroxylation is 2. The van der Waals surface area contributed by atoms with Gasteiger partial charge in [0.15, 0.2) is 17.3 Å². The van der Waals surface area contributed by atoms with Gasteiger partial charge in [-0.15, -0.1) is 0 Å². The van der Waals surface area contributed by atoms with Gasteiger partial charge in [-0.1, -0.05) is 32.0 Å². The van der Waals surface area contributed by atoms with Crippen LogP contribution >= 0.6 is 0 Å². The number of hydrogen-bond donors (Lipinski definition) is 1. The lowest BCUT2D eigenvalue weighted by Crippen LogP contribution is -2.38. The van der Waals surface area contributed by atoms with Crippen molar-refractivity contribution in [1.82, 2.24) is 18.7 Å². The number of fused-ring (bicyclic) bond motifs is 1. The number of amides is 1. The summed E-state index contributed by atoms with van der Waals surface area (Å²) in [5, 5.41) is 2.86. The lowest BCUT2D eigenvalue weighted by atomic mass is 9.98. The van der Waals surface area contributed by atoms with E-state index in [1.165, 1.54) is 36.5 Å². The Morgan fingerprint density at radius 2 is 1.81 bits per heavy atom. The summed E-state index contributed by atoms with van der Waals surface area (Å²) in [5.41, 5.74) is 1.79. The molecule has 170 valence electrons. The maximum Gasteiger partial charge on any atom is 0.332 e. The van der Waals surface area contributed by atoms with E-state index >= 15 is 0 Å². The average molecular weight is 441 g/mol. The highest BCUT2D eigenvalue weighted by molar-refractivity contribution is 5.96. The molecular formula is C22H27N5O5. The van der Waals surface area contributed by atoms with E-state index in [2.05, 4.69) is 10.3 Å². The Bertz CT molecular complexity index is 1310. The number of rotatable bonds is 6.